The maximum Gasteiger partial charge on any atom is 0.331 e. The van der Waals surface area contributed by atoms with Crippen molar-refractivity contribution in [2.24, 2.45) is 0 Å². The average Bonchev–Trinajstić information content (AvgIpc) is 2.82. The summed E-state index contributed by atoms with van der Waals surface area (Å²) in [6.07, 6.45) is 2.86. The summed E-state index contributed by atoms with van der Waals surface area (Å²) >= 11 is 5.87. The standard InChI is InChI=1S/C25H22ClNO5/c1-30-23-5-3-2-4-22(23)27-24(28)17-32-25(29)15-10-18-8-13-21(14-9-18)31-16-19-6-11-20(26)12-7-19/h2-15H,16-17H2,1H3,(H,27,28). The van der Waals surface area contributed by atoms with E-state index in [1.165, 1.54) is 13.2 Å². The van der Waals surface area contributed by atoms with Crippen molar-refractivity contribution < 1.29 is 23.8 Å². The molecule has 32 heavy (non-hydrogen) atoms. The van der Waals surface area contributed by atoms with Crippen LogP contribution in [-0.2, 0) is 20.9 Å². The van der Waals surface area contributed by atoms with Crippen molar-refractivity contribution in [2.75, 3.05) is 19.0 Å². The van der Waals surface area contributed by atoms with E-state index in [2.05, 4.69) is 5.32 Å². The number of rotatable bonds is 9. The van der Waals surface area contributed by atoms with E-state index in [9.17, 15) is 9.59 Å². The molecule has 0 aliphatic heterocycles. The number of carbonyl (C=O) groups is 2. The summed E-state index contributed by atoms with van der Waals surface area (Å²) in [5, 5.41) is 3.32. The summed E-state index contributed by atoms with van der Waals surface area (Å²) in [5.41, 5.74) is 2.31. The Balaban J connectivity index is 1.43. The predicted octanol–water partition coefficient (Wildman–Crippen LogP) is 5.12. The number of hydrogen-bond acceptors (Lipinski definition) is 5. The second kappa shape index (κ2) is 11.6. The van der Waals surface area contributed by atoms with Crippen LogP contribution in [0, 0.1) is 0 Å². The Labute approximate surface area is 191 Å². The number of halogens is 1. The van der Waals surface area contributed by atoms with Crippen LogP contribution in [0.3, 0.4) is 0 Å². The second-order valence-corrected chi connectivity index (χ2v) is 7.11. The maximum atomic E-state index is 12.0. The van der Waals surface area contributed by atoms with Gasteiger partial charge in [0.1, 0.15) is 18.1 Å². The van der Waals surface area contributed by atoms with Gasteiger partial charge in [0.15, 0.2) is 6.61 Å². The minimum absolute atomic E-state index is 0.404. The van der Waals surface area contributed by atoms with Crippen LogP contribution in [0.1, 0.15) is 11.1 Å². The zero-order valence-electron chi connectivity index (χ0n) is 17.4. The largest absolute Gasteiger partial charge is 0.495 e. The van der Waals surface area contributed by atoms with E-state index in [0.29, 0.717) is 28.8 Å². The predicted molar refractivity (Wildman–Crippen MR) is 124 cm³/mol. The van der Waals surface area contributed by atoms with Gasteiger partial charge < -0.3 is 19.5 Å². The molecule has 0 spiro atoms. The van der Waals surface area contributed by atoms with Gasteiger partial charge in [-0.25, -0.2) is 4.79 Å². The number of benzene rings is 3. The molecule has 0 aromatic heterocycles. The van der Waals surface area contributed by atoms with Crippen molar-refractivity contribution in [1.82, 2.24) is 0 Å². The van der Waals surface area contributed by atoms with Gasteiger partial charge in [0.25, 0.3) is 5.91 Å². The van der Waals surface area contributed by atoms with Crippen LogP contribution in [0.25, 0.3) is 6.08 Å². The number of esters is 1. The minimum Gasteiger partial charge on any atom is -0.495 e. The molecule has 0 bridgehead atoms. The fourth-order valence-corrected chi connectivity index (χ4v) is 2.83. The molecule has 7 heteroatoms. The van der Waals surface area contributed by atoms with Gasteiger partial charge in [-0.15, -0.1) is 0 Å². The average molecular weight is 452 g/mol. The lowest BCUT2D eigenvalue weighted by Gasteiger charge is -2.09. The van der Waals surface area contributed by atoms with E-state index in [1.54, 1.807) is 30.3 Å². The zero-order chi connectivity index (χ0) is 22.8. The van der Waals surface area contributed by atoms with E-state index in [4.69, 9.17) is 25.8 Å². The van der Waals surface area contributed by atoms with Crippen molar-refractivity contribution in [3.63, 3.8) is 0 Å². The molecule has 1 amide bonds. The van der Waals surface area contributed by atoms with E-state index in [-0.39, 0.29) is 0 Å². The molecule has 0 aliphatic carbocycles. The topological polar surface area (TPSA) is 73.9 Å². The zero-order valence-corrected chi connectivity index (χ0v) is 18.2. The summed E-state index contributed by atoms with van der Waals surface area (Å²) in [5.74, 6) is 0.141. The highest BCUT2D eigenvalue weighted by Crippen LogP contribution is 2.22. The third-order valence-electron chi connectivity index (χ3n) is 4.34. The van der Waals surface area contributed by atoms with Gasteiger partial charge in [-0.2, -0.15) is 0 Å². The van der Waals surface area contributed by atoms with Crippen LogP contribution in [0.2, 0.25) is 5.02 Å². The molecule has 0 atom stereocenters. The van der Waals surface area contributed by atoms with Crippen LogP contribution < -0.4 is 14.8 Å². The lowest BCUT2D eigenvalue weighted by molar-refractivity contribution is -0.142. The molecule has 3 aromatic carbocycles. The Morgan fingerprint density at radius 2 is 1.69 bits per heavy atom. The molecule has 6 nitrogen and oxygen atoms in total. The number of amides is 1. The summed E-state index contributed by atoms with van der Waals surface area (Å²) in [4.78, 5) is 23.9. The molecule has 0 saturated carbocycles. The highest BCUT2D eigenvalue weighted by molar-refractivity contribution is 6.30. The van der Waals surface area contributed by atoms with Crippen molar-refractivity contribution in [2.45, 2.75) is 6.61 Å². The van der Waals surface area contributed by atoms with Gasteiger partial charge in [-0.3, -0.25) is 4.79 Å². The number of carbonyl (C=O) groups excluding carboxylic acids is 2. The van der Waals surface area contributed by atoms with Crippen molar-refractivity contribution >= 4 is 35.2 Å². The number of nitrogens with one attached hydrogen (secondary N) is 1. The summed E-state index contributed by atoms with van der Waals surface area (Å²) in [7, 11) is 1.51. The number of hydrogen-bond donors (Lipinski definition) is 1. The smallest absolute Gasteiger partial charge is 0.331 e. The normalized spacial score (nSPS) is 10.6. The summed E-state index contributed by atoms with van der Waals surface area (Å²) in [6, 6.07) is 21.7. The molecule has 0 saturated heterocycles. The molecule has 0 radical (unpaired) electrons. The lowest BCUT2D eigenvalue weighted by Crippen LogP contribution is -2.20. The van der Waals surface area contributed by atoms with Crippen molar-refractivity contribution in [3.8, 4) is 11.5 Å². The fraction of sp³-hybridized carbons (Fsp3) is 0.120. The Kier molecular flexibility index (Phi) is 8.29. The first kappa shape index (κ1) is 22.9. The number of methoxy groups -OCH3 is 1. The fourth-order valence-electron chi connectivity index (χ4n) is 2.71. The van der Waals surface area contributed by atoms with Gasteiger partial charge in [-0.05, 0) is 53.6 Å². The number of para-hydroxylation sites is 2. The number of ether oxygens (including phenoxy) is 3. The van der Waals surface area contributed by atoms with Crippen LogP contribution in [0.4, 0.5) is 5.69 Å². The Hall–Kier alpha value is -3.77. The first-order valence-electron chi connectivity index (χ1n) is 9.78. The van der Waals surface area contributed by atoms with Crippen LogP contribution in [0.5, 0.6) is 11.5 Å². The van der Waals surface area contributed by atoms with Gasteiger partial charge >= 0.3 is 5.97 Å². The molecule has 0 fully saturated rings. The molecule has 3 aromatic rings. The highest BCUT2D eigenvalue weighted by Gasteiger charge is 2.08. The Morgan fingerprint density at radius 1 is 0.969 bits per heavy atom. The van der Waals surface area contributed by atoms with E-state index in [0.717, 1.165) is 11.1 Å². The molecule has 3 rings (SSSR count). The first-order valence-corrected chi connectivity index (χ1v) is 10.2. The quantitative estimate of drug-likeness (QED) is 0.361. The Morgan fingerprint density at radius 3 is 2.41 bits per heavy atom. The highest BCUT2D eigenvalue weighted by atomic mass is 35.5. The van der Waals surface area contributed by atoms with Gasteiger partial charge in [-0.1, -0.05) is 48.0 Å². The maximum absolute atomic E-state index is 12.0. The van der Waals surface area contributed by atoms with Crippen LogP contribution in [0.15, 0.2) is 78.9 Å². The second-order valence-electron chi connectivity index (χ2n) is 6.67. The van der Waals surface area contributed by atoms with E-state index < -0.39 is 18.5 Å². The molecule has 1 N–H and O–H groups in total. The first-order chi connectivity index (χ1) is 15.5. The van der Waals surface area contributed by atoms with Gasteiger partial charge in [0.2, 0.25) is 0 Å². The Bertz CT molecular complexity index is 1080. The molecule has 0 aliphatic rings. The SMILES string of the molecule is COc1ccccc1NC(=O)COC(=O)C=Cc1ccc(OCc2ccc(Cl)cc2)cc1. The molecule has 164 valence electrons. The minimum atomic E-state index is -0.622. The van der Waals surface area contributed by atoms with E-state index in [1.807, 2.05) is 48.5 Å². The molecule has 0 unspecified atom stereocenters. The van der Waals surface area contributed by atoms with Crippen LogP contribution >= 0.6 is 11.6 Å². The monoisotopic (exact) mass is 451 g/mol. The summed E-state index contributed by atoms with van der Waals surface area (Å²) < 4.78 is 15.9. The molecular formula is C25H22ClNO5. The van der Waals surface area contributed by atoms with Crippen molar-refractivity contribution in [3.05, 3.63) is 95.0 Å². The third kappa shape index (κ3) is 7.18. The number of anilines is 1. The van der Waals surface area contributed by atoms with E-state index >= 15 is 0 Å². The van der Waals surface area contributed by atoms with Gasteiger partial charge in [0.05, 0.1) is 12.8 Å². The van der Waals surface area contributed by atoms with Crippen molar-refractivity contribution in [1.29, 1.82) is 0 Å². The molecular weight excluding hydrogens is 430 g/mol. The summed E-state index contributed by atoms with van der Waals surface area (Å²) in [6.45, 7) is 0.0221. The van der Waals surface area contributed by atoms with Gasteiger partial charge in [0, 0.05) is 11.1 Å². The lowest BCUT2D eigenvalue weighted by atomic mass is 10.2. The van der Waals surface area contributed by atoms with Crippen LogP contribution in [-0.4, -0.2) is 25.6 Å². The molecule has 0 heterocycles. The third-order valence-corrected chi connectivity index (χ3v) is 4.59.